The van der Waals surface area contributed by atoms with Gasteiger partial charge in [0.25, 0.3) is 0 Å². The van der Waals surface area contributed by atoms with Crippen molar-refractivity contribution in [3.63, 3.8) is 0 Å². The van der Waals surface area contributed by atoms with Gasteiger partial charge < -0.3 is 15.4 Å². The summed E-state index contributed by atoms with van der Waals surface area (Å²) in [5, 5.41) is 0. The number of nitrogens with zero attached hydrogens (tertiary/aromatic N) is 3. The fourth-order valence-corrected chi connectivity index (χ4v) is 3.45. The summed E-state index contributed by atoms with van der Waals surface area (Å²) < 4.78 is 5.75. The molecule has 0 unspecified atom stereocenters. The Kier molecular flexibility index (Phi) is 3.57. The van der Waals surface area contributed by atoms with Crippen molar-refractivity contribution in [3.8, 4) is 0 Å². The average molecular weight is 290 g/mol. The van der Waals surface area contributed by atoms with Gasteiger partial charge in [0.2, 0.25) is 0 Å². The van der Waals surface area contributed by atoms with Crippen LogP contribution in [0.25, 0.3) is 0 Å². The number of carbonyl (C=O) groups excluding carboxylic acids is 1. The van der Waals surface area contributed by atoms with Gasteiger partial charge in [-0.25, -0.2) is 9.97 Å². The molecule has 2 saturated heterocycles. The molecule has 21 heavy (non-hydrogen) atoms. The lowest BCUT2D eigenvalue weighted by atomic mass is 9.77. The number of piperidine rings is 1. The van der Waals surface area contributed by atoms with E-state index in [2.05, 4.69) is 21.8 Å². The van der Waals surface area contributed by atoms with Gasteiger partial charge in [-0.15, -0.1) is 0 Å². The van der Waals surface area contributed by atoms with Crippen molar-refractivity contribution in [2.45, 2.75) is 39.2 Å². The number of anilines is 2. The number of rotatable bonds is 2. The van der Waals surface area contributed by atoms with E-state index in [0.717, 1.165) is 39.0 Å². The van der Waals surface area contributed by atoms with Crippen LogP contribution in [0.2, 0.25) is 0 Å². The zero-order valence-corrected chi connectivity index (χ0v) is 12.6. The van der Waals surface area contributed by atoms with Gasteiger partial charge in [-0.2, -0.15) is 0 Å². The third kappa shape index (κ3) is 2.72. The highest BCUT2D eigenvalue weighted by atomic mass is 16.5. The molecule has 0 amide bonds. The zero-order valence-electron chi connectivity index (χ0n) is 12.6. The molecule has 6 heteroatoms. The molecule has 1 atom stereocenters. The van der Waals surface area contributed by atoms with Crippen LogP contribution in [0, 0.1) is 5.41 Å². The summed E-state index contributed by atoms with van der Waals surface area (Å²) in [5.41, 5.74) is 6.46. The Morgan fingerprint density at radius 2 is 2.19 bits per heavy atom. The highest BCUT2D eigenvalue weighted by molar-refractivity contribution is 5.97. The minimum Gasteiger partial charge on any atom is -0.382 e. The van der Waals surface area contributed by atoms with Crippen molar-refractivity contribution < 1.29 is 9.53 Å². The molecule has 6 nitrogen and oxygen atoms in total. The molecule has 1 aromatic heterocycles. The van der Waals surface area contributed by atoms with Crippen molar-refractivity contribution in [2.24, 2.45) is 5.41 Å². The van der Waals surface area contributed by atoms with Crippen LogP contribution in [0.3, 0.4) is 0 Å². The van der Waals surface area contributed by atoms with Crippen LogP contribution in [0.5, 0.6) is 0 Å². The van der Waals surface area contributed by atoms with Crippen LogP contribution in [0.15, 0.2) is 6.20 Å². The smallest absolute Gasteiger partial charge is 0.181 e. The van der Waals surface area contributed by atoms with E-state index in [1.165, 1.54) is 13.1 Å². The fraction of sp³-hybridized carbons (Fsp3) is 0.667. The highest BCUT2D eigenvalue weighted by Crippen LogP contribution is 2.42. The predicted molar refractivity (Wildman–Crippen MR) is 80.4 cm³/mol. The number of ketones is 1. The summed E-state index contributed by atoms with van der Waals surface area (Å²) in [6, 6.07) is 0. The van der Waals surface area contributed by atoms with Gasteiger partial charge in [-0.1, -0.05) is 0 Å². The van der Waals surface area contributed by atoms with E-state index in [0.29, 0.717) is 28.8 Å². The molecule has 2 aliphatic heterocycles. The number of Topliss-reactive ketones (excluding diaryl/α,β-unsaturated/α-hetero) is 1. The van der Waals surface area contributed by atoms with Gasteiger partial charge in [0, 0.05) is 20.0 Å². The summed E-state index contributed by atoms with van der Waals surface area (Å²) in [7, 11) is 0. The molecule has 3 rings (SSSR count). The maximum absolute atomic E-state index is 11.7. The van der Waals surface area contributed by atoms with Crippen molar-refractivity contribution in [1.29, 1.82) is 0 Å². The van der Waals surface area contributed by atoms with E-state index in [4.69, 9.17) is 10.5 Å². The first-order valence-corrected chi connectivity index (χ1v) is 7.49. The summed E-state index contributed by atoms with van der Waals surface area (Å²) in [6.07, 6.45) is 5.05. The summed E-state index contributed by atoms with van der Waals surface area (Å²) in [6.45, 7) is 6.24. The lowest BCUT2D eigenvalue weighted by molar-refractivity contribution is 0.0972. The summed E-state index contributed by atoms with van der Waals surface area (Å²) in [4.78, 5) is 22.3. The normalized spacial score (nSPS) is 24.5. The average Bonchev–Trinajstić information content (AvgIpc) is 2.80. The van der Waals surface area contributed by atoms with Gasteiger partial charge in [0.05, 0.1) is 18.9 Å². The Bertz CT molecular complexity index is 553. The molecule has 0 aromatic carbocycles. The third-order valence-electron chi connectivity index (χ3n) is 4.62. The molecule has 2 fully saturated rings. The monoisotopic (exact) mass is 290 g/mol. The van der Waals surface area contributed by atoms with E-state index in [-0.39, 0.29) is 5.78 Å². The van der Waals surface area contributed by atoms with Crippen LogP contribution in [0.1, 0.15) is 43.6 Å². The highest BCUT2D eigenvalue weighted by Gasteiger charge is 2.41. The van der Waals surface area contributed by atoms with E-state index >= 15 is 0 Å². The Labute approximate surface area is 124 Å². The maximum Gasteiger partial charge on any atom is 0.181 e. The number of nitrogen functional groups attached to an aromatic ring is 1. The van der Waals surface area contributed by atoms with Crippen LogP contribution in [0.4, 0.5) is 11.6 Å². The van der Waals surface area contributed by atoms with E-state index in [9.17, 15) is 4.79 Å². The van der Waals surface area contributed by atoms with Gasteiger partial charge >= 0.3 is 0 Å². The molecular formula is C15H22N4O2. The SMILES string of the molecule is CC(=O)c1ncc(N)nc1N1CCC2(CC1)CO[C@@H](C)C2. The van der Waals surface area contributed by atoms with Crippen LogP contribution in [-0.2, 0) is 4.74 Å². The second-order valence-corrected chi connectivity index (χ2v) is 6.34. The number of nitrogens with two attached hydrogens (primary N) is 1. The molecule has 114 valence electrons. The topological polar surface area (TPSA) is 81.3 Å². The molecule has 2 N–H and O–H groups in total. The summed E-state index contributed by atoms with van der Waals surface area (Å²) in [5.74, 6) is 0.910. The standard InChI is InChI=1S/C15H22N4O2/c1-10-7-15(9-21-10)3-5-19(6-4-15)14-13(11(2)20)17-8-12(16)18-14/h8,10H,3-7,9H2,1-2H3,(H2,16,18)/t10-/m0/s1. The van der Waals surface area contributed by atoms with Crippen molar-refractivity contribution in [3.05, 3.63) is 11.9 Å². The number of hydrogen-bond donors (Lipinski definition) is 1. The van der Waals surface area contributed by atoms with Crippen molar-refractivity contribution >= 4 is 17.4 Å². The molecule has 1 aromatic rings. The van der Waals surface area contributed by atoms with E-state index < -0.39 is 0 Å². The first kappa shape index (κ1) is 14.3. The third-order valence-corrected chi connectivity index (χ3v) is 4.62. The largest absolute Gasteiger partial charge is 0.382 e. The molecule has 0 radical (unpaired) electrons. The minimum absolute atomic E-state index is 0.0735. The lowest BCUT2D eigenvalue weighted by Crippen LogP contribution is -2.41. The van der Waals surface area contributed by atoms with Crippen molar-refractivity contribution in [2.75, 3.05) is 30.3 Å². The Morgan fingerprint density at radius 1 is 1.48 bits per heavy atom. The zero-order chi connectivity index (χ0) is 15.0. The molecule has 1 spiro atoms. The molecule has 0 bridgehead atoms. The summed E-state index contributed by atoms with van der Waals surface area (Å²) >= 11 is 0. The molecule has 3 heterocycles. The number of ether oxygens (including phenoxy) is 1. The first-order valence-electron chi connectivity index (χ1n) is 7.49. The van der Waals surface area contributed by atoms with Crippen LogP contribution >= 0.6 is 0 Å². The van der Waals surface area contributed by atoms with Gasteiger partial charge in [-0.3, -0.25) is 4.79 Å². The van der Waals surface area contributed by atoms with Gasteiger partial charge in [0.1, 0.15) is 11.5 Å². The number of carbonyl (C=O) groups is 1. The number of aromatic nitrogens is 2. The van der Waals surface area contributed by atoms with E-state index in [1.54, 1.807) is 0 Å². The molecule has 2 aliphatic rings. The molecule has 0 aliphatic carbocycles. The number of hydrogen-bond acceptors (Lipinski definition) is 6. The second-order valence-electron chi connectivity index (χ2n) is 6.34. The quantitative estimate of drug-likeness (QED) is 0.834. The Hall–Kier alpha value is -1.69. The fourth-order valence-electron chi connectivity index (χ4n) is 3.45. The minimum atomic E-state index is -0.0735. The van der Waals surface area contributed by atoms with Gasteiger partial charge in [0.15, 0.2) is 11.6 Å². The van der Waals surface area contributed by atoms with Crippen LogP contribution in [-0.4, -0.2) is 41.6 Å². The lowest BCUT2D eigenvalue weighted by Gasteiger charge is -2.39. The maximum atomic E-state index is 11.7. The second kappa shape index (κ2) is 5.26. The Morgan fingerprint density at radius 3 is 2.76 bits per heavy atom. The Balaban J connectivity index is 1.78. The van der Waals surface area contributed by atoms with Crippen molar-refractivity contribution in [1.82, 2.24) is 9.97 Å². The molecule has 0 saturated carbocycles. The van der Waals surface area contributed by atoms with E-state index in [1.807, 2.05) is 0 Å². The predicted octanol–water partition coefficient (Wildman–Crippen LogP) is 1.66. The van der Waals surface area contributed by atoms with Crippen LogP contribution < -0.4 is 10.6 Å². The first-order chi connectivity index (χ1) is 9.99. The molecular weight excluding hydrogens is 268 g/mol. The van der Waals surface area contributed by atoms with Gasteiger partial charge in [-0.05, 0) is 31.6 Å².